The summed E-state index contributed by atoms with van der Waals surface area (Å²) in [7, 11) is 2.47. The van der Waals surface area contributed by atoms with Crippen LogP contribution < -0.4 is 0 Å². The average molecular weight is 226 g/mol. The minimum Gasteiger partial charge on any atom is -0.466 e. The van der Waals surface area contributed by atoms with Gasteiger partial charge < -0.3 is 9.47 Å². The summed E-state index contributed by atoms with van der Waals surface area (Å²) in [5, 5.41) is 7.65. The van der Waals surface area contributed by atoms with E-state index in [1.165, 1.54) is 14.2 Å². The summed E-state index contributed by atoms with van der Waals surface area (Å²) in [6.07, 6.45) is 0.543. The molecule has 0 aromatic rings. The molecule has 16 heavy (non-hydrogen) atoms. The third kappa shape index (κ3) is 1.82. The average Bonchev–Trinajstić information content (AvgIpc) is 2.66. The van der Waals surface area contributed by atoms with E-state index in [1.54, 1.807) is 6.92 Å². The van der Waals surface area contributed by atoms with Crippen LogP contribution in [0.1, 0.15) is 20.3 Å². The fourth-order valence-corrected chi connectivity index (χ4v) is 1.42. The Morgan fingerprint density at radius 1 is 1.25 bits per heavy atom. The van der Waals surface area contributed by atoms with Crippen molar-refractivity contribution in [1.29, 1.82) is 0 Å². The molecule has 6 heteroatoms. The van der Waals surface area contributed by atoms with Crippen LogP contribution in [0.4, 0.5) is 0 Å². The molecule has 0 aromatic carbocycles. The molecule has 0 amide bonds. The zero-order valence-electron chi connectivity index (χ0n) is 9.73. The van der Waals surface area contributed by atoms with Gasteiger partial charge in [0.25, 0.3) is 0 Å². The molecule has 0 bridgehead atoms. The van der Waals surface area contributed by atoms with Gasteiger partial charge in [-0.2, -0.15) is 5.11 Å². The lowest BCUT2D eigenvalue weighted by molar-refractivity contribution is -0.139. The molecule has 1 aliphatic rings. The molecule has 0 aliphatic carbocycles. The number of hydrogen-bond donors (Lipinski definition) is 0. The van der Waals surface area contributed by atoms with E-state index in [0.717, 1.165) is 0 Å². The van der Waals surface area contributed by atoms with Crippen LogP contribution in [0.3, 0.4) is 0 Å². The van der Waals surface area contributed by atoms with Crippen LogP contribution in [-0.2, 0) is 19.1 Å². The highest BCUT2D eigenvalue weighted by Crippen LogP contribution is 2.35. The predicted octanol–water partition coefficient (Wildman–Crippen LogP) is 1.22. The largest absolute Gasteiger partial charge is 0.466 e. The van der Waals surface area contributed by atoms with Gasteiger partial charge in [0.05, 0.1) is 14.2 Å². The standard InChI is InChI=1S/C10H14N2O4/c1-5-10(2)6(8(13)15-3)7(11-12-10)9(14)16-4/h5H2,1-4H3. The monoisotopic (exact) mass is 226 g/mol. The van der Waals surface area contributed by atoms with E-state index in [1.807, 2.05) is 6.92 Å². The molecule has 0 spiro atoms. The Morgan fingerprint density at radius 2 is 1.81 bits per heavy atom. The number of esters is 2. The minimum absolute atomic E-state index is 0.0706. The quantitative estimate of drug-likeness (QED) is 0.678. The summed E-state index contributed by atoms with van der Waals surface area (Å²) in [5.41, 5.74) is -0.723. The number of nitrogens with zero attached hydrogens (tertiary/aromatic N) is 2. The third-order valence-corrected chi connectivity index (χ3v) is 2.60. The summed E-state index contributed by atoms with van der Waals surface area (Å²) >= 11 is 0. The van der Waals surface area contributed by atoms with E-state index in [2.05, 4.69) is 19.7 Å². The molecule has 0 N–H and O–H groups in total. The minimum atomic E-state index is -0.809. The van der Waals surface area contributed by atoms with Crippen molar-refractivity contribution in [2.24, 2.45) is 10.2 Å². The summed E-state index contributed by atoms with van der Waals surface area (Å²) in [5.74, 6) is -1.28. The number of azo groups is 1. The normalized spacial score (nSPS) is 23.5. The highest BCUT2D eigenvalue weighted by Gasteiger charge is 2.42. The van der Waals surface area contributed by atoms with Crippen molar-refractivity contribution in [3.05, 3.63) is 11.3 Å². The van der Waals surface area contributed by atoms with Gasteiger partial charge in [-0.05, 0) is 13.3 Å². The van der Waals surface area contributed by atoms with Crippen molar-refractivity contribution in [1.82, 2.24) is 0 Å². The van der Waals surface area contributed by atoms with Gasteiger partial charge in [0.15, 0.2) is 5.70 Å². The molecular weight excluding hydrogens is 212 g/mol. The van der Waals surface area contributed by atoms with Crippen molar-refractivity contribution in [2.45, 2.75) is 25.8 Å². The first-order valence-electron chi connectivity index (χ1n) is 4.84. The Balaban J connectivity index is 3.26. The first-order chi connectivity index (χ1) is 7.50. The van der Waals surface area contributed by atoms with Gasteiger partial charge >= 0.3 is 11.9 Å². The van der Waals surface area contributed by atoms with Gasteiger partial charge in [-0.1, -0.05) is 6.92 Å². The molecule has 88 valence electrons. The van der Waals surface area contributed by atoms with Crippen LogP contribution in [0.25, 0.3) is 0 Å². The van der Waals surface area contributed by atoms with E-state index in [-0.39, 0.29) is 11.3 Å². The summed E-state index contributed by atoms with van der Waals surface area (Å²) < 4.78 is 9.17. The third-order valence-electron chi connectivity index (χ3n) is 2.60. The maximum absolute atomic E-state index is 11.6. The van der Waals surface area contributed by atoms with Crippen molar-refractivity contribution in [3.63, 3.8) is 0 Å². The van der Waals surface area contributed by atoms with Gasteiger partial charge in [-0.3, -0.25) is 0 Å². The van der Waals surface area contributed by atoms with Crippen molar-refractivity contribution >= 4 is 11.9 Å². The van der Waals surface area contributed by atoms with Crippen LogP contribution in [-0.4, -0.2) is 31.7 Å². The summed E-state index contributed by atoms with van der Waals surface area (Å²) in [6.45, 7) is 3.57. The molecule has 1 heterocycles. The maximum Gasteiger partial charge on any atom is 0.359 e. The smallest absolute Gasteiger partial charge is 0.359 e. The fourth-order valence-electron chi connectivity index (χ4n) is 1.42. The number of hydrogen-bond acceptors (Lipinski definition) is 6. The molecule has 0 saturated carbocycles. The molecule has 1 atom stereocenters. The zero-order valence-corrected chi connectivity index (χ0v) is 9.73. The van der Waals surface area contributed by atoms with E-state index >= 15 is 0 Å². The van der Waals surface area contributed by atoms with E-state index in [0.29, 0.717) is 6.42 Å². The Bertz CT molecular complexity index is 386. The van der Waals surface area contributed by atoms with Crippen molar-refractivity contribution in [2.75, 3.05) is 14.2 Å². The second-order valence-corrected chi connectivity index (χ2v) is 3.53. The second kappa shape index (κ2) is 4.42. The zero-order chi connectivity index (χ0) is 12.3. The molecule has 1 aliphatic heterocycles. The van der Waals surface area contributed by atoms with Gasteiger partial charge in [-0.25, -0.2) is 9.59 Å². The molecule has 0 saturated heterocycles. The topological polar surface area (TPSA) is 77.3 Å². The highest BCUT2D eigenvalue weighted by molar-refractivity contribution is 6.02. The van der Waals surface area contributed by atoms with Crippen molar-refractivity contribution < 1.29 is 19.1 Å². The van der Waals surface area contributed by atoms with Crippen LogP contribution >= 0.6 is 0 Å². The second-order valence-electron chi connectivity index (χ2n) is 3.53. The van der Waals surface area contributed by atoms with Crippen LogP contribution in [0.5, 0.6) is 0 Å². The Morgan fingerprint density at radius 3 is 2.25 bits per heavy atom. The van der Waals surface area contributed by atoms with Crippen LogP contribution in [0.15, 0.2) is 21.5 Å². The number of carbonyl (C=O) groups is 2. The molecule has 1 rings (SSSR count). The van der Waals surface area contributed by atoms with Crippen LogP contribution in [0.2, 0.25) is 0 Å². The molecule has 1 unspecified atom stereocenters. The van der Waals surface area contributed by atoms with Crippen LogP contribution in [0, 0.1) is 0 Å². The summed E-state index contributed by atoms with van der Waals surface area (Å²) in [6, 6.07) is 0. The van der Waals surface area contributed by atoms with Crippen molar-refractivity contribution in [3.8, 4) is 0 Å². The molecule has 6 nitrogen and oxygen atoms in total. The van der Waals surface area contributed by atoms with Gasteiger partial charge in [0.1, 0.15) is 11.1 Å². The van der Waals surface area contributed by atoms with E-state index in [9.17, 15) is 9.59 Å². The number of methoxy groups -OCH3 is 2. The van der Waals surface area contributed by atoms with Gasteiger partial charge in [-0.15, -0.1) is 5.11 Å². The first-order valence-corrected chi connectivity index (χ1v) is 4.84. The Labute approximate surface area is 93.3 Å². The molecule has 0 radical (unpaired) electrons. The highest BCUT2D eigenvalue weighted by atomic mass is 16.5. The number of rotatable bonds is 3. The summed E-state index contributed by atoms with van der Waals surface area (Å²) in [4.78, 5) is 23.0. The van der Waals surface area contributed by atoms with E-state index < -0.39 is 17.5 Å². The van der Waals surface area contributed by atoms with Gasteiger partial charge in [0.2, 0.25) is 0 Å². The predicted molar refractivity (Wildman–Crippen MR) is 54.6 cm³/mol. The lowest BCUT2D eigenvalue weighted by atomic mass is 9.89. The fraction of sp³-hybridized carbons (Fsp3) is 0.600. The number of ether oxygens (including phenoxy) is 2. The Hall–Kier alpha value is -1.72. The lowest BCUT2D eigenvalue weighted by Crippen LogP contribution is -2.29. The van der Waals surface area contributed by atoms with Gasteiger partial charge in [0, 0.05) is 0 Å². The Kier molecular flexibility index (Phi) is 3.41. The molecule has 0 aromatic heterocycles. The SMILES string of the molecule is CCC1(C)N=NC(C(=O)OC)=C1C(=O)OC. The lowest BCUT2D eigenvalue weighted by Gasteiger charge is -2.19. The maximum atomic E-state index is 11.6. The molecular formula is C10H14N2O4. The molecule has 0 fully saturated rings. The number of carbonyl (C=O) groups excluding carboxylic acids is 2. The first kappa shape index (κ1) is 12.4. The van der Waals surface area contributed by atoms with E-state index in [4.69, 9.17) is 0 Å².